The van der Waals surface area contributed by atoms with Gasteiger partial charge in [-0.2, -0.15) is 5.10 Å². The van der Waals surface area contributed by atoms with Crippen LogP contribution in [0.4, 0.5) is 5.82 Å². The molecule has 1 aliphatic rings. The molecule has 0 saturated carbocycles. The maximum Gasteiger partial charge on any atom is 0.219 e. The first-order valence-electron chi connectivity index (χ1n) is 9.55. The second-order valence-corrected chi connectivity index (χ2v) is 6.89. The van der Waals surface area contributed by atoms with Crippen molar-refractivity contribution < 1.29 is 14.3 Å². The van der Waals surface area contributed by atoms with Crippen molar-refractivity contribution in [3.05, 3.63) is 18.3 Å². The van der Waals surface area contributed by atoms with E-state index >= 15 is 0 Å². The number of carbonyl (C=O) groups excluding carboxylic acids is 1. The Kier molecular flexibility index (Phi) is 6.32. The third-order valence-electron chi connectivity index (χ3n) is 5.26. The summed E-state index contributed by atoms with van der Waals surface area (Å²) in [6.07, 6.45) is 5.52. The summed E-state index contributed by atoms with van der Waals surface area (Å²) >= 11 is 0. The molecule has 1 aromatic heterocycles. The van der Waals surface area contributed by atoms with E-state index in [2.05, 4.69) is 20.4 Å². The number of ether oxygens (including phenoxy) is 2. The van der Waals surface area contributed by atoms with Gasteiger partial charge in [0.25, 0.3) is 0 Å². The molecule has 7 nitrogen and oxygen atoms in total. The van der Waals surface area contributed by atoms with E-state index in [1.54, 1.807) is 20.4 Å². The Morgan fingerprint density at radius 3 is 2.59 bits per heavy atom. The highest BCUT2D eigenvalue weighted by atomic mass is 16.5. The van der Waals surface area contributed by atoms with Gasteiger partial charge >= 0.3 is 0 Å². The van der Waals surface area contributed by atoms with Gasteiger partial charge in [0.2, 0.25) is 5.91 Å². The minimum atomic E-state index is 0.128. The predicted octanol–water partition coefficient (Wildman–Crippen LogP) is 2.78. The first-order chi connectivity index (χ1) is 13.2. The molecule has 7 heteroatoms. The number of rotatable bonds is 7. The number of hydrogen-bond donors (Lipinski definition) is 1. The smallest absolute Gasteiger partial charge is 0.219 e. The number of carbonyl (C=O) groups is 1. The molecular weight excluding hydrogens is 344 g/mol. The lowest BCUT2D eigenvalue weighted by Crippen LogP contribution is -2.36. The van der Waals surface area contributed by atoms with E-state index < -0.39 is 0 Å². The van der Waals surface area contributed by atoms with Crippen LogP contribution in [0.5, 0.6) is 11.5 Å². The Bertz CT molecular complexity index is 788. The lowest BCUT2D eigenvalue weighted by Gasteiger charge is -2.33. The Labute approximate surface area is 160 Å². The van der Waals surface area contributed by atoms with Crippen LogP contribution in [0.15, 0.2) is 18.3 Å². The Morgan fingerprint density at radius 1 is 1.22 bits per heavy atom. The third-order valence-corrected chi connectivity index (χ3v) is 5.26. The summed E-state index contributed by atoms with van der Waals surface area (Å²) in [6, 6.07) is 3.92. The molecule has 1 fully saturated rings. The van der Waals surface area contributed by atoms with Crippen molar-refractivity contribution in [3.8, 4) is 11.5 Å². The summed E-state index contributed by atoms with van der Waals surface area (Å²) in [6.45, 7) is 4.52. The summed E-state index contributed by atoms with van der Waals surface area (Å²) in [5, 5.41) is 13.6. The zero-order valence-electron chi connectivity index (χ0n) is 16.3. The SMILES string of the molecule is CCC(=O)NCCC1CCN(c2nncc3cc(OC)c(OC)cc23)CC1. The van der Waals surface area contributed by atoms with Gasteiger partial charge in [-0.3, -0.25) is 4.79 Å². The molecule has 0 bridgehead atoms. The van der Waals surface area contributed by atoms with Crippen LogP contribution in [-0.2, 0) is 4.79 Å². The van der Waals surface area contributed by atoms with E-state index in [-0.39, 0.29) is 5.91 Å². The molecule has 1 amide bonds. The van der Waals surface area contributed by atoms with Gasteiger partial charge in [0.15, 0.2) is 17.3 Å². The third kappa shape index (κ3) is 4.40. The van der Waals surface area contributed by atoms with Gasteiger partial charge < -0.3 is 19.7 Å². The van der Waals surface area contributed by atoms with Crippen LogP contribution >= 0.6 is 0 Å². The summed E-state index contributed by atoms with van der Waals surface area (Å²) in [4.78, 5) is 13.7. The molecule has 0 aliphatic carbocycles. The molecule has 1 aliphatic heterocycles. The van der Waals surface area contributed by atoms with E-state index in [4.69, 9.17) is 9.47 Å². The minimum absolute atomic E-state index is 0.128. The van der Waals surface area contributed by atoms with Crippen LogP contribution < -0.4 is 19.7 Å². The van der Waals surface area contributed by atoms with Gasteiger partial charge in [0.1, 0.15) is 0 Å². The first kappa shape index (κ1) is 19.2. The number of benzene rings is 1. The molecule has 2 aromatic rings. The maximum atomic E-state index is 11.4. The highest BCUT2D eigenvalue weighted by Gasteiger charge is 2.22. The topological polar surface area (TPSA) is 76.6 Å². The summed E-state index contributed by atoms with van der Waals surface area (Å²) in [7, 11) is 3.27. The molecule has 3 rings (SSSR count). The second-order valence-electron chi connectivity index (χ2n) is 6.89. The van der Waals surface area contributed by atoms with Crippen molar-refractivity contribution in [2.24, 2.45) is 5.92 Å². The van der Waals surface area contributed by atoms with E-state index in [1.165, 1.54) is 0 Å². The number of nitrogens with one attached hydrogen (secondary N) is 1. The van der Waals surface area contributed by atoms with Crippen LogP contribution in [-0.4, -0.2) is 50.0 Å². The lowest BCUT2D eigenvalue weighted by molar-refractivity contribution is -0.120. The van der Waals surface area contributed by atoms with Crippen LogP contribution in [0.1, 0.15) is 32.6 Å². The fourth-order valence-corrected chi connectivity index (χ4v) is 3.60. The summed E-state index contributed by atoms with van der Waals surface area (Å²) in [5.74, 6) is 3.04. The molecule has 2 heterocycles. The van der Waals surface area contributed by atoms with Crippen LogP contribution in [0.3, 0.4) is 0 Å². The number of piperidine rings is 1. The molecule has 0 unspecified atom stereocenters. The average Bonchev–Trinajstić information content (AvgIpc) is 2.72. The normalized spacial score (nSPS) is 15.0. The fraction of sp³-hybridized carbons (Fsp3) is 0.550. The van der Waals surface area contributed by atoms with Crippen molar-refractivity contribution >= 4 is 22.5 Å². The molecule has 1 aromatic carbocycles. The van der Waals surface area contributed by atoms with E-state index in [1.807, 2.05) is 19.1 Å². The van der Waals surface area contributed by atoms with Gasteiger partial charge in [0, 0.05) is 36.8 Å². The highest BCUT2D eigenvalue weighted by Crippen LogP contribution is 2.36. The largest absolute Gasteiger partial charge is 0.493 e. The monoisotopic (exact) mass is 372 g/mol. The van der Waals surface area contributed by atoms with Crippen molar-refractivity contribution in [3.63, 3.8) is 0 Å². The quantitative estimate of drug-likeness (QED) is 0.805. The van der Waals surface area contributed by atoms with Gasteiger partial charge in [0.05, 0.1) is 20.4 Å². The zero-order valence-corrected chi connectivity index (χ0v) is 16.3. The molecule has 0 atom stereocenters. The first-order valence-corrected chi connectivity index (χ1v) is 9.55. The van der Waals surface area contributed by atoms with Crippen LogP contribution in [0, 0.1) is 5.92 Å². The van der Waals surface area contributed by atoms with Crippen LogP contribution in [0.2, 0.25) is 0 Å². The molecular formula is C20H28N4O3. The van der Waals surface area contributed by atoms with Crippen LogP contribution in [0.25, 0.3) is 10.8 Å². The number of hydrogen-bond acceptors (Lipinski definition) is 6. The zero-order chi connectivity index (χ0) is 19.2. The summed E-state index contributed by atoms with van der Waals surface area (Å²) < 4.78 is 10.8. The number of methoxy groups -OCH3 is 2. The summed E-state index contributed by atoms with van der Waals surface area (Å²) in [5.41, 5.74) is 0. The average molecular weight is 372 g/mol. The van der Waals surface area contributed by atoms with E-state index in [0.717, 1.165) is 55.5 Å². The molecule has 1 saturated heterocycles. The molecule has 0 radical (unpaired) electrons. The number of anilines is 1. The van der Waals surface area contributed by atoms with Crippen molar-refractivity contribution in [2.75, 3.05) is 38.8 Å². The Balaban J connectivity index is 1.69. The van der Waals surface area contributed by atoms with Crippen molar-refractivity contribution in [1.29, 1.82) is 0 Å². The second kappa shape index (κ2) is 8.88. The number of nitrogens with zero attached hydrogens (tertiary/aromatic N) is 3. The Hall–Kier alpha value is -2.57. The lowest BCUT2D eigenvalue weighted by atomic mass is 9.93. The highest BCUT2D eigenvalue weighted by molar-refractivity contribution is 5.94. The number of aromatic nitrogens is 2. The van der Waals surface area contributed by atoms with E-state index in [0.29, 0.717) is 23.8 Å². The predicted molar refractivity (Wildman–Crippen MR) is 105 cm³/mol. The van der Waals surface area contributed by atoms with Gasteiger partial charge in [-0.05, 0) is 37.3 Å². The van der Waals surface area contributed by atoms with Crippen molar-refractivity contribution in [1.82, 2.24) is 15.5 Å². The van der Waals surface area contributed by atoms with Gasteiger partial charge in [-0.15, -0.1) is 5.10 Å². The molecule has 0 spiro atoms. The minimum Gasteiger partial charge on any atom is -0.493 e. The van der Waals surface area contributed by atoms with Crippen molar-refractivity contribution in [2.45, 2.75) is 32.6 Å². The number of fused-ring (bicyclic) bond motifs is 1. The number of amides is 1. The van der Waals surface area contributed by atoms with E-state index in [9.17, 15) is 4.79 Å². The standard InChI is InChI=1S/C20H28N4O3/c1-4-19(25)21-8-5-14-6-9-24(10-7-14)20-16-12-18(27-3)17(26-2)11-15(16)13-22-23-20/h11-14H,4-10H2,1-3H3,(H,21,25). The van der Waals surface area contributed by atoms with Gasteiger partial charge in [-0.25, -0.2) is 0 Å². The fourth-order valence-electron chi connectivity index (χ4n) is 3.60. The molecule has 27 heavy (non-hydrogen) atoms. The molecule has 146 valence electrons. The maximum absolute atomic E-state index is 11.4. The van der Waals surface area contributed by atoms with Gasteiger partial charge in [-0.1, -0.05) is 6.92 Å². The molecule has 1 N–H and O–H groups in total. The Morgan fingerprint density at radius 2 is 1.93 bits per heavy atom.